The highest BCUT2D eigenvalue weighted by molar-refractivity contribution is 5.49. The van der Waals surface area contributed by atoms with Crippen LogP contribution in [-0.2, 0) is 0 Å². The van der Waals surface area contributed by atoms with Crippen molar-refractivity contribution >= 4 is 11.5 Å². The molecule has 3 rings (SSSR count). The van der Waals surface area contributed by atoms with Crippen LogP contribution in [0.15, 0.2) is 30.5 Å². The van der Waals surface area contributed by atoms with Gasteiger partial charge in [0.25, 0.3) is 0 Å². The fourth-order valence-electron chi connectivity index (χ4n) is 3.97. The molecule has 1 N–H and O–H groups in total. The van der Waals surface area contributed by atoms with Crippen molar-refractivity contribution in [1.29, 1.82) is 0 Å². The first kappa shape index (κ1) is 14.4. The lowest BCUT2D eigenvalue weighted by Crippen LogP contribution is -2.29. The fourth-order valence-corrected chi connectivity index (χ4v) is 3.97. The summed E-state index contributed by atoms with van der Waals surface area (Å²) in [7, 11) is 0. The maximum absolute atomic E-state index is 4.60. The van der Waals surface area contributed by atoms with Crippen molar-refractivity contribution < 1.29 is 0 Å². The minimum atomic E-state index is 0.519. The van der Waals surface area contributed by atoms with E-state index in [1.165, 1.54) is 12.8 Å². The predicted molar refractivity (Wildman–Crippen MR) is 89.7 cm³/mol. The number of anilines is 2. The number of aromatic nitrogens is 1. The molecule has 3 nitrogen and oxygen atoms in total. The fraction of sp³-hybridized carbons (Fsp3) is 0.611. The van der Waals surface area contributed by atoms with Crippen LogP contribution < -0.4 is 10.2 Å². The monoisotopic (exact) mass is 285 g/mol. The number of pyridine rings is 1. The quantitative estimate of drug-likeness (QED) is 0.802. The van der Waals surface area contributed by atoms with Gasteiger partial charge in [0, 0.05) is 19.1 Å². The Bertz CT molecular complexity index is 490. The Labute approximate surface area is 128 Å². The Morgan fingerprint density at radius 3 is 2.57 bits per heavy atom. The lowest BCUT2D eigenvalue weighted by atomic mass is 9.87. The number of rotatable bonds is 6. The normalized spacial score (nSPS) is 27.9. The Hall–Kier alpha value is -1.51. The van der Waals surface area contributed by atoms with E-state index in [1.54, 1.807) is 0 Å². The summed E-state index contributed by atoms with van der Waals surface area (Å²) in [4.78, 5) is 6.87. The molecule has 2 aliphatic carbocycles. The summed E-state index contributed by atoms with van der Waals surface area (Å²) in [5.41, 5.74) is 1.14. The minimum Gasteiger partial charge on any atom is -0.381 e. The van der Waals surface area contributed by atoms with E-state index in [4.69, 9.17) is 0 Å². The van der Waals surface area contributed by atoms with Crippen molar-refractivity contribution in [3.63, 3.8) is 0 Å². The van der Waals surface area contributed by atoms with Gasteiger partial charge in [-0.1, -0.05) is 12.2 Å². The van der Waals surface area contributed by atoms with Gasteiger partial charge in [0.15, 0.2) is 0 Å². The van der Waals surface area contributed by atoms with E-state index in [-0.39, 0.29) is 0 Å². The van der Waals surface area contributed by atoms with Crippen molar-refractivity contribution in [3.8, 4) is 0 Å². The predicted octanol–water partition coefficient (Wildman–Crippen LogP) is 3.94. The van der Waals surface area contributed by atoms with Crippen LogP contribution in [0.4, 0.5) is 11.5 Å². The number of allylic oxidation sites excluding steroid dienone is 2. The molecular formula is C18H27N3. The third kappa shape index (κ3) is 2.92. The number of hydrogen-bond acceptors (Lipinski definition) is 3. The maximum Gasteiger partial charge on any atom is 0.128 e. The molecule has 114 valence electrons. The first-order valence-electron chi connectivity index (χ1n) is 8.37. The van der Waals surface area contributed by atoms with Crippen molar-refractivity contribution in [1.82, 2.24) is 4.98 Å². The van der Waals surface area contributed by atoms with Gasteiger partial charge in [0.2, 0.25) is 0 Å². The van der Waals surface area contributed by atoms with E-state index in [0.29, 0.717) is 6.04 Å². The molecule has 1 aromatic rings. The van der Waals surface area contributed by atoms with Gasteiger partial charge < -0.3 is 10.2 Å². The van der Waals surface area contributed by atoms with Gasteiger partial charge in [0.05, 0.1) is 11.9 Å². The molecule has 0 aliphatic heterocycles. The SMILES string of the molecule is CCN(CC)c1ccc(NC(C)C2CC3C=CC2C3)cn1. The van der Waals surface area contributed by atoms with Crippen molar-refractivity contribution in [2.45, 2.75) is 39.7 Å². The summed E-state index contributed by atoms with van der Waals surface area (Å²) in [6.45, 7) is 8.66. The van der Waals surface area contributed by atoms with Gasteiger partial charge in [-0.05, 0) is 63.5 Å². The van der Waals surface area contributed by atoms with E-state index in [0.717, 1.165) is 42.3 Å². The summed E-state index contributed by atoms with van der Waals surface area (Å²) >= 11 is 0. The van der Waals surface area contributed by atoms with Gasteiger partial charge in [-0.3, -0.25) is 0 Å². The Kier molecular flexibility index (Phi) is 4.18. The zero-order valence-electron chi connectivity index (χ0n) is 13.4. The second kappa shape index (κ2) is 6.08. The average molecular weight is 285 g/mol. The van der Waals surface area contributed by atoms with E-state index < -0.39 is 0 Å². The third-order valence-corrected chi connectivity index (χ3v) is 5.20. The maximum atomic E-state index is 4.60. The summed E-state index contributed by atoms with van der Waals surface area (Å²) in [5.74, 6) is 3.48. The van der Waals surface area contributed by atoms with Crippen molar-refractivity contribution in [2.24, 2.45) is 17.8 Å². The first-order valence-corrected chi connectivity index (χ1v) is 8.37. The van der Waals surface area contributed by atoms with Crippen LogP contribution in [0.1, 0.15) is 33.6 Å². The van der Waals surface area contributed by atoms with Gasteiger partial charge in [0.1, 0.15) is 5.82 Å². The lowest BCUT2D eigenvalue weighted by Gasteiger charge is -2.27. The van der Waals surface area contributed by atoms with Crippen LogP contribution in [0.5, 0.6) is 0 Å². The highest BCUT2D eigenvalue weighted by Crippen LogP contribution is 2.45. The highest BCUT2D eigenvalue weighted by Gasteiger charge is 2.38. The van der Waals surface area contributed by atoms with Crippen molar-refractivity contribution in [2.75, 3.05) is 23.3 Å². The molecule has 21 heavy (non-hydrogen) atoms. The summed E-state index contributed by atoms with van der Waals surface area (Å²) < 4.78 is 0. The van der Waals surface area contributed by atoms with Crippen LogP contribution in [-0.4, -0.2) is 24.1 Å². The van der Waals surface area contributed by atoms with E-state index >= 15 is 0 Å². The molecular weight excluding hydrogens is 258 g/mol. The zero-order valence-corrected chi connectivity index (χ0v) is 13.4. The number of fused-ring (bicyclic) bond motifs is 2. The Balaban J connectivity index is 1.61. The first-order chi connectivity index (χ1) is 10.2. The van der Waals surface area contributed by atoms with Gasteiger partial charge in [-0.25, -0.2) is 4.98 Å². The van der Waals surface area contributed by atoms with E-state index in [1.807, 2.05) is 6.20 Å². The molecule has 1 heterocycles. The standard InChI is InChI=1S/C18H27N3/c1-4-21(5-2)18-9-8-16(12-19-18)20-13(3)17-11-14-6-7-15(17)10-14/h6-9,12-15,17,20H,4-5,10-11H2,1-3H3. The second-order valence-corrected chi connectivity index (χ2v) is 6.45. The molecule has 1 fully saturated rings. The van der Waals surface area contributed by atoms with Crippen molar-refractivity contribution in [3.05, 3.63) is 30.5 Å². The number of hydrogen-bond donors (Lipinski definition) is 1. The minimum absolute atomic E-state index is 0.519. The molecule has 3 heteroatoms. The van der Waals surface area contributed by atoms with Crippen LogP contribution in [0, 0.1) is 17.8 Å². The number of nitrogens with zero attached hydrogens (tertiary/aromatic N) is 2. The molecule has 1 aromatic heterocycles. The molecule has 0 saturated heterocycles. The molecule has 2 bridgehead atoms. The summed E-state index contributed by atoms with van der Waals surface area (Å²) in [6, 6.07) is 4.81. The summed E-state index contributed by atoms with van der Waals surface area (Å²) in [6.07, 6.45) is 9.54. The molecule has 1 saturated carbocycles. The Morgan fingerprint density at radius 1 is 1.24 bits per heavy atom. The van der Waals surface area contributed by atoms with Gasteiger partial charge in [-0.2, -0.15) is 0 Å². The van der Waals surface area contributed by atoms with Gasteiger partial charge in [-0.15, -0.1) is 0 Å². The zero-order chi connectivity index (χ0) is 14.8. The molecule has 4 atom stereocenters. The van der Waals surface area contributed by atoms with E-state index in [9.17, 15) is 0 Å². The molecule has 0 radical (unpaired) electrons. The van der Waals surface area contributed by atoms with Gasteiger partial charge >= 0.3 is 0 Å². The average Bonchev–Trinajstić information content (AvgIpc) is 3.13. The van der Waals surface area contributed by atoms with E-state index in [2.05, 4.69) is 60.3 Å². The van der Waals surface area contributed by atoms with Crippen LogP contribution in [0.3, 0.4) is 0 Å². The summed E-state index contributed by atoms with van der Waals surface area (Å²) in [5, 5.41) is 3.66. The topological polar surface area (TPSA) is 28.2 Å². The lowest BCUT2D eigenvalue weighted by molar-refractivity contribution is 0.400. The molecule has 0 amide bonds. The van der Waals surface area contributed by atoms with Crippen LogP contribution in [0.2, 0.25) is 0 Å². The highest BCUT2D eigenvalue weighted by atomic mass is 15.2. The molecule has 0 spiro atoms. The number of nitrogens with one attached hydrogen (secondary N) is 1. The molecule has 4 unspecified atom stereocenters. The Morgan fingerprint density at radius 2 is 2.05 bits per heavy atom. The second-order valence-electron chi connectivity index (χ2n) is 6.45. The van der Waals surface area contributed by atoms with Crippen LogP contribution >= 0.6 is 0 Å². The largest absolute Gasteiger partial charge is 0.381 e. The smallest absolute Gasteiger partial charge is 0.128 e. The molecule has 0 aromatic carbocycles. The van der Waals surface area contributed by atoms with Crippen LogP contribution in [0.25, 0.3) is 0 Å². The third-order valence-electron chi connectivity index (χ3n) is 5.20. The molecule has 2 aliphatic rings.